The van der Waals surface area contributed by atoms with Gasteiger partial charge in [-0.3, -0.25) is 9.78 Å². The van der Waals surface area contributed by atoms with E-state index in [4.69, 9.17) is 5.11 Å². The molecule has 4 nitrogen and oxygen atoms in total. The van der Waals surface area contributed by atoms with Crippen LogP contribution in [0, 0.1) is 11.7 Å². The van der Waals surface area contributed by atoms with Crippen molar-refractivity contribution >= 4 is 12.0 Å². The van der Waals surface area contributed by atoms with Crippen LogP contribution in [0.3, 0.4) is 0 Å². The number of hydrogen-bond acceptors (Lipinski definition) is 3. The minimum atomic E-state index is -0.421. The fourth-order valence-corrected chi connectivity index (χ4v) is 2.43. The van der Waals surface area contributed by atoms with Crippen molar-refractivity contribution in [2.75, 3.05) is 6.61 Å². The molecule has 1 aliphatic carbocycles. The van der Waals surface area contributed by atoms with E-state index in [-0.39, 0.29) is 18.6 Å². The summed E-state index contributed by atoms with van der Waals surface area (Å²) in [6, 6.07) is 1.49. The highest BCUT2D eigenvalue weighted by Gasteiger charge is 2.21. The first-order valence-corrected chi connectivity index (χ1v) is 6.87. The van der Waals surface area contributed by atoms with E-state index < -0.39 is 5.82 Å². The maximum atomic E-state index is 12.9. The molecular weight excluding hydrogens is 259 g/mol. The van der Waals surface area contributed by atoms with Crippen molar-refractivity contribution < 1.29 is 14.3 Å². The second-order valence-corrected chi connectivity index (χ2v) is 5.18. The molecule has 1 amide bonds. The first-order chi connectivity index (χ1) is 9.67. The largest absolute Gasteiger partial charge is 0.396 e. The van der Waals surface area contributed by atoms with Crippen LogP contribution >= 0.6 is 0 Å². The molecule has 0 radical (unpaired) electrons. The zero-order chi connectivity index (χ0) is 14.4. The van der Waals surface area contributed by atoms with Gasteiger partial charge >= 0.3 is 0 Å². The number of pyridine rings is 1. The summed E-state index contributed by atoms with van der Waals surface area (Å²) in [5, 5.41) is 12.0. The van der Waals surface area contributed by atoms with E-state index in [0.717, 1.165) is 31.9 Å². The Hall–Kier alpha value is -1.75. The highest BCUT2D eigenvalue weighted by molar-refractivity contribution is 5.91. The second-order valence-electron chi connectivity index (χ2n) is 5.18. The minimum absolute atomic E-state index is 0.167. The average Bonchev–Trinajstić information content (AvgIpc) is 2.46. The van der Waals surface area contributed by atoms with E-state index in [1.165, 1.54) is 18.3 Å². The van der Waals surface area contributed by atoms with E-state index in [9.17, 15) is 9.18 Å². The number of carbonyl (C=O) groups is 1. The summed E-state index contributed by atoms with van der Waals surface area (Å²) in [6.07, 6.45) is 9.24. The Morgan fingerprint density at radius 1 is 1.40 bits per heavy atom. The first kappa shape index (κ1) is 14.7. The SMILES string of the molecule is O=C(/C=C/c1cncc(F)c1)NC1CCC(CO)CC1. The summed E-state index contributed by atoms with van der Waals surface area (Å²) >= 11 is 0. The van der Waals surface area contributed by atoms with Gasteiger partial charge in [-0.25, -0.2) is 4.39 Å². The third kappa shape index (κ3) is 4.42. The summed E-state index contributed by atoms with van der Waals surface area (Å²) in [7, 11) is 0. The Morgan fingerprint density at radius 3 is 2.80 bits per heavy atom. The number of aliphatic hydroxyl groups excluding tert-OH is 1. The van der Waals surface area contributed by atoms with Crippen LogP contribution in [-0.4, -0.2) is 28.6 Å². The van der Waals surface area contributed by atoms with Crippen LogP contribution in [0.1, 0.15) is 31.2 Å². The fraction of sp³-hybridized carbons (Fsp3) is 0.467. The highest BCUT2D eigenvalue weighted by atomic mass is 19.1. The molecule has 1 saturated carbocycles. The molecule has 0 spiro atoms. The van der Waals surface area contributed by atoms with Gasteiger partial charge in [-0.2, -0.15) is 0 Å². The molecule has 1 fully saturated rings. The smallest absolute Gasteiger partial charge is 0.244 e. The quantitative estimate of drug-likeness (QED) is 0.827. The van der Waals surface area contributed by atoms with Gasteiger partial charge in [0, 0.05) is 24.9 Å². The minimum Gasteiger partial charge on any atom is -0.396 e. The molecule has 0 atom stereocenters. The van der Waals surface area contributed by atoms with Crippen molar-refractivity contribution in [3.63, 3.8) is 0 Å². The number of aromatic nitrogens is 1. The molecule has 20 heavy (non-hydrogen) atoms. The predicted molar refractivity (Wildman–Crippen MR) is 74.2 cm³/mol. The average molecular weight is 278 g/mol. The lowest BCUT2D eigenvalue weighted by Gasteiger charge is -2.27. The maximum absolute atomic E-state index is 12.9. The van der Waals surface area contributed by atoms with Crippen molar-refractivity contribution in [3.05, 3.63) is 35.9 Å². The molecule has 5 heteroatoms. The third-order valence-corrected chi connectivity index (χ3v) is 3.60. The van der Waals surface area contributed by atoms with Gasteiger partial charge in [-0.15, -0.1) is 0 Å². The molecule has 0 bridgehead atoms. The molecule has 0 saturated heterocycles. The van der Waals surface area contributed by atoms with E-state index in [1.807, 2.05) is 0 Å². The van der Waals surface area contributed by atoms with Gasteiger partial charge in [0.15, 0.2) is 0 Å². The standard InChI is InChI=1S/C15H19FN2O2/c16-13-7-12(8-17-9-13)3-6-15(20)18-14-4-1-11(10-19)2-5-14/h3,6-9,11,14,19H,1-2,4-5,10H2,(H,18,20)/b6-3+. The van der Waals surface area contributed by atoms with Crippen molar-refractivity contribution in [2.45, 2.75) is 31.7 Å². The summed E-state index contributed by atoms with van der Waals surface area (Å²) in [6.45, 7) is 0.229. The summed E-state index contributed by atoms with van der Waals surface area (Å²) < 4.78 is 12.9. The monoisotopic (exact) mass is 278 g/mol. The molecule has 1 aliphatic rings. The Morgan fingerprint density at radius 2 is 2.15 bits per heavy atom. The zero-order valence-corrected chi connectivity index (χ0v) is 11.3. The molecular formula is C15H19FN2O2. The van der Waals surface area contributed by atoms with Crippen molar-refractivity contribution in [2.24, 2.45) is 5.92 Å². The Kier molecular flexibility index (Phi) is 5.24. The van der Waals surface area contributed by atoms with E-state index in [1.54, 1.807) is 6.08 Å². The number of halogens is 1. The van der Waals surface area contributed by atoms with E-state index in [0.29, 0.717) is 11.5 Å². The van der Waals surface area contributed by atoms with Gasteiger partial charge in [-0.1, -0.05) is 0 Å². The van der Waals surface area contributed by atoms with Gasteiger partial charge in [-0.05, 0) is 49.3 Å². The lowest BCUT2D eigenvalue weighted by Crippen LogP contribution is -2.37. The highest BCUT2D eigenvalue weighted by Crippen LogP contribution is 2.23. The lowest BCUT2D eigenvalue weighted by atomic mass is 9.86. The third-order valence-electron chi connectivity index (χ3n) is 3.60. The molecule has 2 N–H and O–H groups in total. The number of aliphatic hydroxyl groups is 1. The van der Waals surface area contributed by atoms with Crippen LogP contribution in [0.25, 0.3) is 6.08 Å². The molecule has 108 valence electrons. The Balaban J connectivity index is 1.81. The van der Waals surface area contributed by atoms with E-state index >= 15 is 0 Å². The number of hydrogen-bond donors (Lipinski definition) is 2. The summed E-state index contributed by atoms with van der Waals surface area (Å²) in [5.41, 5.74) is 0.559. The van der Waals surface area contributed by atoms with Gasteiger partial charge < -0.3 is 10.4 Å². The normalized spacial score (nSPS) is 22.9. The lowest BCUT2D eigenvalue weighted by molar-refractivity contribution is -0.117. The van der Waals surface area contributed by atoms with Gasteiger partial charge in [0.25, 0.3) is 0 Å². The fourth-order valence-electron chi connectivity index (χ4n) is 2.43. The number of carbonyl (C=O) groups excluding carboxylic acids is 1. The molecule has 0 aliphatic heterocycles. The van der Waals surface area contributed by atoms with Crippen LogP contribution < -0.4 is 5.32 Å². The van der Waals surface area contributed by atoms with E-state index in [2.05, 4.69) is 10.3 Å². The van der Waals surface area contributed by atoms with Crippen molar-refractivity contribution in [1.82, 2.24) is 10.3 Å². The maximum Gasteiger partial charge on any atom is 0.244 e. The molecule has 0 unspecified atom stereocenters. The number of nitrogens with zero attached hydrogens (tertiary/aromatic N) is 1. The van der Waals surface area contributed by atoms with Gasteiger partial charge in [0.1, 0.15) is 5.82 Å². The summed E-state index contributed by atoms with van der Waals surface area (Å²) in [4.78, 5) is 15.5. The van der Waals surface area contributed by atoms with Crippen LogP contribution in [0.5, 0.6) is 0 Å². The topological polar surface area (TPSA) is 62.2 Å². The molecule has 2 rings (SSSR count). The van der Waals surface area contributed by atoms with Crippen LogP contribution in [0.2, 0.25) is 0 Å². The Labute approximate surface area is 117 Å². The second kappa shape index (κ2) is 7.14. The molecule has 1 aromatic heterocycles. The van der Waals surface area contributed by atoms with Crippen molar-refractivity contribution in [1.29, 1.82) is 0 Å². The van der Waals surface area contributed by atoms with Gasteiger partial charge in [0.2, 0.25) is 5.91 Å². The van der Waals surface area contributed by atoms with Crippen LogP contribution in [-0.2, 0) is 4.79 Å². The molecule has 1 heterocycles. The van der Waals surface area contributed by atoms with Crippen LogP contribution in [0.4, 0.5) is 4.39 Å². The summed E-state index contributed by atoms with van der Waals surface area (Å²) in [5.74, 6) is -0.228. The Bertz CT molecular complexity index is 483. The number of nitrogens with one attached hydrogen (secondary N) is 1. The van der Waals surface area contributed by atoms with Gasteiger partial charge in [0.05, 0.1) is 6.20 Å². The molecule has 1 aromatic rings. The number of rotatable bonds is 4. The first-order valence-electron chi connectivity index (χ1n) is 6.87. The number of amides is 1. The molecule has 0 aromatic carbocycles. The zero-order valence-electron chi connectivity index (χ0n) is 11.3. The predicted octanol–water partition coefficient (Wildman–Crippen LogP) is 1.90. The van der Waals surface area contributed by atoms with Crippen LogP contribution in [0.15, 0.2) is 24.5 Å². The van der Waals surface area contributed by atoms with Crippen molar-refractivity contribution in [3.8, 4) is 0 Å².